The van der Waals surface area contributed by atoms with Gasteiger partial charge < -0.3 is 10.1 Å². The molecular formula is C17H29NO. The SMILES string of the molecule is CCCNC(C)c1cccc(OCCC(C)(C)C)c1. The summed E-state index contributed by atoms with van der Waals surface area (Å²) in [6, 6.07) is 8.80. The van der Waals surface area contributed by atoms with Crippen LogP contribution in [0.25, 0.3) is 0 Å². The average Bonchev–Trinajstić information content (AvgIpc) is 2.35. The fraction of sp³-hybridized carbons (Fsp3) is 0.647. The van der Waals surface area contributed by atoms with Crippen molar-refractivity contribution in [1.29, 1.82) is 0 Å². The molecule has 108 valence electrons. The number of hydrogen-bond acceptors (Lipinski definition) is 2. The number of hydrogen-bond donors (Lipinski definition) is 1. The Morgan fingerprint density at radius 2 is 2.00 bits per heavy atom. The molecule has 0 radical (unpaired) electrons. The van der Waals surface area contributed by atoms with Gasteiger partial charge in [0.25, 0.3) is 0 Å². The Morgan fingerprint density at radius 3 is 2.63 bits per heavy atom. The lowest BCUT2D eigenvalue weighted by Gasteiger charge is -2.19. The Morgan fingerprint density at radius 1 is 1.26 bits per heavy atom. The van der Waals surface area contributed by atoms with Crippen LogP contribution in [0.2, 0.25) is 0 Å². The van der Waals surface area contributed by atoms with Crippen molar-refractivity contribution in [3.8, 4) is 5.75 Å². The van der Waals surface area contributed by atoms with Gasteiger partial charge in [0.1, 0.15) is 5.75 Å². The summed E-state index contributed by atoms with van der Waals surface area (Å²) < 4.78 is 5.85. The topological polar surface area (TPSA) is 21.3 Å². The van der Waals surface area contributed by atoms with E-state index in [-0.39, 0.29) is 0 Å². The standard InChI is InChI=1S/C17H29NO/c1-6-11-18-14(2)15-8-7-9-16(13-15)19-12-10-17(3,4)5/h7-9,13-14,18H,6,10-12H2,1-5H3. The van der Waals surface area contributed by atoms with Crippen LogP contribution in [-0.4, -0.2) is 13.2 Å². The molecule has 1 aromatic rings. The highest BCUT2D eigenvalue weighted by molar-refractivity contribution is 5.30. The highest BCUT2D eigenvalue weighted by atomic mass is 16.5. The first-order valence-corrected chi connectivity index (χ1v) is 7.38. The predicted octanol–water partition coefficient (Wildman–Crippen LogP) is 4.56. The molecule has 1 aromatic carbocycles. The molecule has 0 amide bonds. The van der Waals surface area contributed by atoms with E-state index in [0.29, 0.717) is 11.5 Å². The van der Waals surface area contributed by atoms with E-state index in [4.69, 9.17) is 4.74 Å². The molecular weight excluding hydrogens is 234 g/mol. The molecule has 19 heavy (non-hydrogen) atoms. The van der Waals surface area contributed by atoms with Gasteiger partial charge in [0.05, 0.1) is 6.61 Å². The van der Waals surface area contributed by atoms with Gasteiger partial charge in [0, 0.05) is 6.04 Å². The Bertz CT molecular complexity index is 368. The lowest BCUT2D eigenvalue weighted by molar-refractivity contribution is 0.243. The Labute approximate surface area is 118 Å². The van der Waals surface area contributed by atoms with Gasteiger partial charge in [-0.1, -0.05) is 39.8 Å². The van der Waals surface area contributed by atoms with Gasteiger partial charge in [-0.05, 0) is 49.4 Å². The number of rotatable bonds is 7. The fourth-order valence-corrected chi connectivity index (χ4v) is 1.83. The minimum atomic E-state index is 0.327. The third kappa shape index (κ3) is 6.63. The Balaban J connectivity index is 2.52. The molecule has 2 nitrogen and oxygen atoms in total. The number of ether oxygens (including phenoxy) is 1. The molecule has 1 N–H and O–H groups in total. The maximum Gasteiger partial charge on any atom is 0.119 e. The number of benzene rings is 1. The van der Waals surface area contributed by atoms with E-state index < -0.39 is 0 Å². The van der Waals surface area contributed by atoms with Crippen LogP contribution >= 0.6 is 0 Å². The zero-order chi connectivity index (χ0) is 14.3. The van der Waals surface area contributed by atoms with Gasteiger partial charge >= 0.3 is 0 Å². The molecule has 0 aliphatic rings. The summed E-state index contributed by atoms with van der Waals surface area (Å²) in [7, 11) is 0. The van der Waals surface area contributed by atoms with Crippen molar-refractivity contribution < 1.29 is 4.74 Å². The monoisotopic (exact) mass is 263 g/mol. The lowest BCUT2D eigenvalue weighted by atomic mass is 9.93. The maximum atomic E-state index is 5.85. The van der Waals surface area contributed by atoms with Crippen LogP contribution in [0.5, 0.6) is 5.75 Å². The van der Waals surface area contributed by atoms with Crippen LogP contribution < -0.4 is 10.1 Å². The van der Waals surface area contributed by atoms with Crippen LogP contribution in [0.3, 0.4) is 0 Å². The molecule has 0 spiro atoms. The summed E-state index contributed by atoms with van der Waals surface area (Å²) in [5, 5.41) is 3.50. The second kappa shape index (κ2) is 7.54. The highest BCUT2D eigenvalue weighted by Gasteiger charge is 2.10. The average molecular weight is 263 g/mol. The highest BCUT2D eigenvalue weighted by Crippen LogP contribution is 2.22. The molecule has 0 aromatic heterocycles. The van der Waals surface area contributed by atoms with Crippen molar-refractivity contribution >= 4 is 0 Å². The van der Waals surface area contributed by atoms with E-state index in [9.17, 15) is 0 Å². The molecule has 0 bridgehead atoms. The first-order chi connectivity index (χ1) is 8.92. The summed E-state index contributed by atoms with van der Waals surface area (Å²) in [4.78, 5) is 0. The van der Waals surface area contributed by atoms with E-state index in [1.165, 1.54) is 5.56 Å². The van der Waals surface area contributed by atoms with Crippen LogP contribution in [-0.2, 0) is 0 Å². The fourth-order valence-electron chi connectivity index (χ4n) is 1.83. The van der Waals surface area contributed by atoms with E-state index in [1.54, 1.807) is 0 Å². The van der Waals surface area contributed by atoms with Crippen molar-refractivity contribution in [2.24, 2.45) is 5.41 Å². The smallest absolute Gasteiger partial charge is 0.119 e. The van der Waals surface area contributed by atoms with Gasteiger partial charge in [0.2, 0.25) is 0 Å². The molecule has 1 atom stereocenters. The van der Waals surface area contributed by atoms with Crippen molar-refractivity contribution in [3.63, 3.8) is 0 Å². The Hall–Kier alpha value is -1.02. The molecule has 2 heteroatoms. The van der Waals surface area contributed by atoms with Gasteiger partial charge in [-0.25, -0.2) is 0 Å². The first kappa shape index (κ1) is 16.0. The molecule has 0 fully saturated rings. The van der Waals surface area contributed by atoms with Crippen LogP contribution in [0.1, 0.15) is 59.1 Å². The summed E-state index contributed by atoms with van der Waals surface area (Å²) >= 11 is 0. The summed E-state index contributed by atoms with van der Waals surface area (Å²) in [5.41, 5.74) is 1.62. The van der Waals surface area contributed by atoms with Crippen LogP contribution in [0.4, 0.5) is 0 Å². The van der Waals surface area contributed by atoms with Crippen molar-refractivity contribution in [2.75, 3.05) is 13.2 Å². The van der Waals surface area contributed by atoms with E-state index >= 15 is 0 Å². The van der Waals surface area contributed by atoms with E-state index in [0.717, 1.165) is 31.7 Å². The molecule has 0 aliphatic heterocycles. The third-order valence-electron chi connectivity index (χ3n) is 3.18. The molecule has 0 heterocycles. The second-order valence-corrected chi connectivity index (χ2v) is 6.41. The van der Waals surface area contributed by atoms with Gasteiger partial charge in [-0.2, -0.15) is 0 Å². The molecule has 0 aliphatic carbocycles. The zero-order valence-corrected chi connectivity index (χ0v) is 13.1. The molecule has 1 unspecified atom stereocenters. The van der Waals surface area contributed by atoms with Gasteiger partial charge in [0.15, 0.2) is 0 Å². The van der Waals surface area contributed by atoms with Gasteiger partial charge in [-0.3, -0.25) is 0 Å². The van der Waals surface area contributed by atoms with Crippen molar-refractivity contribution in [3.05, 3.63) is 29.8 Å². The van der Waals surface area contributed by atoms with Crippen molar-refractivity contribution in [1.82, 2.24) is 5.32 Å². The zero-order valence-electron chi connectivity index (χ0n) is 13.1. The van der Waals surface area contributed by atoms with Crippen molar-refractivity contribution in [2.45, 2.75) is 53.5 Å². The minimum absolute atomic E-state index is 0.327. The first-order valence-electron chi connectivity index (χ1n) is 7.38. The summed E-state index contributed by atoms with van der Waals surface area (Å²) in [6.45, 7) is 12.9. The maximum absolute atomic E-state index is 5.85. The van der Waals surface area contributed by atoms with E-state index in [2.05, 4.69) is 58.1 Å². The molecule has 0 saturated carbocycles. The summed E-state index contributed by atoms with van der Waals surface area (Å²) in [5.74, 6) is 0.979. The quantitative estimate of drug-likeness (QED) is 0.778. The van der Waals surface area contributed by atoms with Gasteiger partial charge in [-0.15, -0.1) is 0 Å². The lowest BCUT2D eigenvalue weighted by Crippen LogP contribution is -2.19. The largest absolute Gasteiger partial charge is 0.494 e. The predicted molar refractivity (Wildman–Crippen MR) is 82.7 cm³/mol. The molecule has 0 saturated heterocycles. The molecule has 1 rings (SSSR count). The normalized spacial score (nSPS) is 13.3. The minimum Gasteiger partial charge on any atom is -0.494 e. The Kier molecular flexibility index (Phi) is 6.36. The van der Waals surface area contributed by atoms with Crippen LogP contribution in [0.15, 0.2) is 24.3 Å². The van der Waals surface area contributed by atoms with E-state index in [1.807, 2.05) is 6.07 Å². The number of nitrogens with one attached hydrogen (secondary N) is 1. The second-order valence-electron chi connectivity index (χ2n) is 6.41. The van der Waals surface area contributed by atoms with Crippen LogP contribution in [0, 0.1) is 5.41 Å². The third-order valence-corrected chi connectivity index (χ3v) is 3.18. The summed E-state index contributed by atoms with van der Waals surface area (Å²) in [6.07, 6.45) is 2.23.